The first kappa shape index (κ1) is 11.1. The van der Waals surface area contributed by atoms with Gasteiger partial charge in [-0.1, -0.05) is 0 Å². The zero-order valence-electron chi connectivity index (χ0n) is 7.50. The van der Waals surface area contributed by atoms with Crippen molar-refractivity contribution in [3.05, 3.63) is 0 Å². The second-order valence-electron chi connectivity index (χ2n) is 2.43. The van der Waals surface area contributed by atoms with E-state index in [1.807, 2.05) is 0 Å². The molecule has 0 saturated carbocycles. The molecule has 0 unspecified atom stereocenters. The third-order valence-corrected chi connectivity index (χ3v) is 5.11. The van der Waals surface area contributed by atoms with Crippen LogP contribution in [0.1, 0.15) is 6.42 Å². The molecule has 0 aromatic carbocycles. The molecule has 0 amide bonds. The van der Waals surface area contributed by atoms with Gasteiger partial charge in [-0.05, 0) is 0 Å². The van der Waals surface area contributed by atoms with E-state index < -0.39 is 8.80 Å². The van der Waals surface area contributed by atoms with Gasteiger partial charge in [0.2, 0.25) is 0 Å². The Morgan fingerprint density at radius 1 is 1.09 bits per heavy atom. The second kappa shape index (κ2) is 5.67. The maximum atomic E-state index is 5.36. The van der Waals surface area contributed by atoms with Crippen LogP contribution in [-0.4, -0.2) is 36.7 Å². The maximum absolute atomic E-state index is 5.36. The molecule has 11 heavy (non-hydrogen) atoms. The first-order valence-electron chi connectivity index (χ1n) is 3.75. The first-order valence-corrected chi connectivity index (χ1v) is 5.98. The normalized spacial score (nSPS) is 13.5. The summed E-state index contributed by atoms with van der Waals surface area (Å²) in [5.74, 6) is 0. The molecular weight excluding hydrogens is 162 g/mol. The molecule has 0 aliphatic rings. The average molecular weight is 180 g/mol. The molecule has 4 nitrogen and oxygen atoms in total. The quantitative estimate of drug-likeness (QED) is 0.582. The summed E-state index contributed by atoms with van der Waals surface area (Å²) in [5.41, 5.74) is 5.36. The molecule has 0 bridgehead atoms. The average Bonchev–Trinajstić information content (AvgIpc) is 2.08. The van der Waals surface area contributed by atoms with Crippen molar-refractivity contribution in [1.29, 1.82) is 0 Å². The summed E-state index contributed by atoms with van der Waals surface area (Å²) in [4.78, 5) is 0. The van der Waals surface area contributed by atoms with E-state index in [-0.39, 0.29) is 0 Å². The van der Waals surface area contributed by atoms with Crippen LogP contribution in [0.5, 0.6) is 0 Å². The molecule has 0 saturated heterocycles. The predicted molar refractivity (Wildman–Crippen MR) is 46.7 cm³/mol. The van der Waals surface area contributed by atoms with Crippen molar-refractivity contribution in [2.45, 2.75) is 12.5 Å². The zero-order chi connectivity index (χ0) is 8.74. The van der Waals surface area contributed by atoms with Crippen molar-refractivity contribution < 1.29 is 13.3 Å². The SMILES string of the molecule is CO[SiH-](CCCN)(OC)OC. The van der Waals surface area contributed by atoms with Gasteiger partial charge in [-0.15, -0.1) is 0 Å². The van der Waals surface area contributed by atoms with Gasteiger partial charge in [0.15, 0.2) is 0 Å². The van der Waals surface area contributed by atoms with Crippen molar-refractivity contribution in [3.8, 4) is 0 Å². The number of nitrogens with two attached hydrogens (primary N) is 1. The Bertz CT molecular complexity index is 89.6. The zero-order valence-corrected chi connectivity index (χ0v) is 8.66. The first-order chi connectivity index (χ1) is 5.24. The van der Waals surface area contributed by atoms with E-state index in [1.165, 1.54) is 0 Å². The van der Waals surface area contributed by atoms with Crippen molar-refractivity contribution >= 4 is 8.80 Å². The van der Waals surface area contributed by atoms with Gasteiger partial charge in [-0.25, -0.2) is 0 Å². The van der Waals surface area contributed by atoms with E-state index in [0.29, 0.717) is 6.54 Å². The third kappa shape index (κ3) is 3.30. The number of hydrogen-bond acceptors (Lipinski definition) is 4. The Labute approximate surface area is 69.0 Å². The van der Waals surface area contributed by atoms with Crippen LogP contribution in [0.25, 0.3) is 0 Å². The molecule has 0 radical (unpaired) electrons. The molecule has 0 rings (SSSR count). The number of rotatable bonds is 6. The molecule has 0 atom stereocenters. The minimum absolute atomic E-state index is 0.651. The van der Waals surface area contributed by atoms with Crippen LogP contribution < -0.4 is 5.73 Å². The molecular formula is C6H18NO3Si-. The second-order valence-corrected chi connectivity index (χ2v) is 6.00. The van der Waals surface area contributed by atoms with Crippen molar-refractivity contribution in [2.75, 3.05) is 27.9 Å². The molecule has 2 N–H and O–H groups in total. The van der Waals surface area contributed by atoms with Crippen LogP contribution in [0.15, 0.2) is 0 Å². The Morgan fingerprint density at radius 2 is 1.55 bits per heavy atom. The van der Waals surface area contributed by atoms with Gasteiger partial charge in [0, 0.05) is 0 Å². The standard InChI is InChI=1S/C6H18NO3Si/c1-8-11(9-2,10-3)6-4-5-7/h11H,4-7H2,1-3H3/q-1. The fourth-order valence-electron chi connectivity index (χ4n) is 1.01. The van der Waals surface area contributed by atoms with E-state index in [0.717, 1.165) is 12.5 Å². The molecule has 0 aromatic rings. The minimum atomic E-state index is -2.60. The van der Waals surface area contributed by atoms with E-state index in [9.17, 15) is 0 Å². The van der Waals surface area contributed by atoms with E-state index in [4.69, 9.17) is 19.0 Å². The Balaban J connectivity index is 3.84. The van der Waals surface area contributed by atoms with Gasteiger partial charge >= 0.3 is 68.2 Å². The molecule has 0 aliphatic heterocycles. The van der Waals surface area contributed by atoms with Crippen LogP contribution in [0.3, 0.4) is 0 Å². The topological polar surface area (TPSA) is 53.7 Å². The van der Waals surface area contributed by atoms with Gasteiger partial charge in [0.1, 0.15) is 0 Å². The van der Waals surface area contributed by atoms with Crippen molar-refractivity contribution in [3.63, 3.8) is 0 Å². The molecule has 0 fully saturated rings. The monoisotopic (exact) mass is 180 g/mol. The van der Waals surface area contributed by atoms with Crippen LogP contribution in [0.2, 0.25) is 6.04 Å². The summed E-state index contributed by atoms with van der Waals surface area (Å²) < 4.78 is 15.6. The molecule has 70 valence electrons. The Hall–Kier alpha value is 0.0569. The van der Waals surface area contributed by atoms with Gasteiger partial charge < -0.3 is 0 Å². The predicted octanol–water partition coefficient (Wildman–Crippen LogP) is -0.0544. The summed E-state index contributed by atoms with van der Waals surface area (Å²) in [5, 5.41) is 0. The van der Waals surface area contributed by atoms with E-state index >= 15 is 0 Å². The summed E-state index contributed by atoms with van der Waals surface area (Å²) in [7, 11) is 2.26. The molecule has 0 aromatic heterocycles. The van der Waals surface area contributed by atoms with Gasteiger partial charge in [-0.3, -0.25) is 0 Å². The summed E-state index contributed by atoms with van der Waals surface area (Å²) in [6, 6.07) is 0.812. The van der Waals surface area contributed by atoms with Crippen LogP contribution in [-0.2, 0) is 13.3 Å². The third-order valence-electron chi connectivity index (χ3n) is 1.84. The fraction of sp³-hybridized carbons (Fsp3) is 1.00. The fourth-order valence-corrected chi connectivity index (χ4v) is 3.03. The molecule has 0 heterocycles. The molecule has 0 aliphatic carbocycles. The Kier molecular flexibility index (Phi) is 5.70. The summed E-state index contributed by atoms with van der Waals surface area (Å²) in [6.07, 6.45) is 0.889. The van der Waals surface area contributed by atoms with Gasteiger partial charge in [-0.2, -0.15) is 0 Å². The van der Waals surface area contributed by atoms with Crippen LogP contribution >= 0.6 is 0 Å². The van der Waals surface area contributed by atoms with Crippen LogP contribution in [0, 0.1) is 0 Å². The molecule has 0 spiro atoms. The van der Waals surface area contributed by atoms with Crippen LogP contribution in [0.4, 0.5) is 0 Å². The summed E-state index contributed by atoms with van der Waals surface area (Å²) >= 11 is 0. The molecule has 5 heteroatoms. The van der Waals surface area contributed by atoms with Crippen molar-refractivity contribution in [1.82, 2.24) is 0 Å². The van der Waals surface area contributed by atoms with Gasteiger partial charge in [0.25, 0.3) is 0 Å². The number of hydrogen-bond donors (Lipinski definition) is 1. The van der Waals surface area contributed by atoms with E-state index in [1.54, 1.807) is 21.3 Å². The van der Waals surface area contributed by atoms with Gasteiger partial charge in [0.05, 0.1) is 0 Å². The Morgan fingerprint density at radius 3 is 1.82 bits per heavy atom. The van der Waals surface area contributed by atoms with E-state index in [2.05, 4.69) is 0 Å². The summed E-state index contributed by atoms with van der Waals surface area (Å²) in [6.45, 7) is 0.651. The van der Waals surface area contributed by atoms with Crippen molar-refractivity contribution in [2.24, 2.45) is 5.73 Å².